The average Bonchev–Trinajstić information content (AvgIpc) is 3.22. The fourth-order valence-electron chi connectivity index (χ4n) is 2.46. The van der Waals surface area contributed by atoms with Crippen LogP contribution in [0.15, 0.2) is 43.0 Å². The molecule has 2 aromatic heterocycles. The quantitative estimate of drug-likeness (QED) is 0.565. The van der Waals surface area contributed by atoms with E-state index in [-0.39, 0.29) is 11.8 Å². The number of nitrogens with zero attached hydrogens (tertiary/aromatic N) is 5. The van der Waals surface area contributed by atoms with Gasteiger partial charge in [0, 0.05) is 18.0 Å². The zero-order valence-electron chi connectivity index (χ0n) is 15.8. The van der Waals surface area contributed by atoms with Crippen LogP contribution in [-0.4, -0.2) is 43.7 Å². The normalized spacial score (nSPS) is 12.6. The molecule has 0 aliphatic carbocycles. The second kappa shape index (κ2) is 9.02. The Morgan fingerprint density at radius 2 is 1.87 bits per heavy atom. The monoisotopic (exact) mass is 442 g/mol. The first kappa shape index (κ1) is 22.1. The second-order valence-electron chi connectivity index (χ2n) is 6.24. The maximum absolute atomic E-state index is 13.1. The van der Waals surface area contributed by atoms with Gasteiger partial charge in [0.25, 0.3) is 18.3 Å². The van der Waals surface area contributed by atoms with E-state index >= 15 is 0 Å². The molecular formula is C18H15F5N6O2. The number of halogens is 5. The van der Waals surface area contributed by atoms with E-state index in [1.54, 1.807) is 6.07 Å². The van der Waals surface area contributed by atoms with Gasteiger partial charge in [0.05, 0.1) is 11.6 Å². The van der Waals surface area contributed by atoms with E-state index in [1.807, 2.05) is 0 Å². The Hall–Kier alpha value is -3.64. The predicted octanol–water partition coefficient (Wildman–Crippen LogP) is 3.21. The largest absolute Gasteiger partial charge is 0.488 e. The fourth-order valence-corrected chi connectivity index (χ4v) is 2.46. The minimum Gasteiger partial charge on any atom is -0.488 e. The van der Waals surface area contributed by atoms with Crippen molar-refractivity contribution in [1.29, 1.82) is 0 Å². The third-order valence-electron chi connectivity index (χ3n) is 3.87. The summed E-state index contributed by atoms with van der Waals surface area (Å²) in [6.45, 7) is 0.410. The molecule has 3 rings (SSSR count). The summed E-state index contributed by atoms with van der Waals surface area (Å²) in [5.41, 5.74) is -1.63. The van der Waals surface area contributed by atoms with Gasteiger partial charge in [-0.3, -0.25) is 4.79 Å². The molecule has 0 spiro atoms. The third-order valence-corrected chi connectivity index (χ3v) is 3.87. The molecule has 1 N–H and O–H groups in total. The van der Waals surface area contributed by atoms with Crippen molar-refractivity contribution in [3.05, 3.63) is 59.9 Å². The lowest BCUT2D eigenvalue weighted by molar-refractivity contribution is -0.137. The lowest BCUT2D eigenvalue weighted by Gasteiger charge is -2.15. The first-order chi connectivity index (χ1) is 14.6. The van der Waals surface area contributed by atoms with E-state index in [9.17, 15) is 26.7 Å². The van der Waals surface area contributed by atoms with Crippen molar-refractivity contribution in [2.45, 2.75) is 25.6 Å². The van der Waals surface area contributed by atoms with Gasteiger partial charge in [-0.05, 0) is 31.2 Å². The molecule has 1 amide bonds. The van der Waals surface area contributed by atoms with Crippen LogP contribution in [0.1, 0.15) is 34.7 Å². The molecule has 0 aliphatic rings. The second-order valence-corrected chi connectivity index (χ2v) is 6.24. The van der Waals surface area contributed by atoms with Crippen LogP contribution in [0, 0.1) is 0 Å². The Morgan fingerprint density at radius 3 is 2.52 bits per heavy atom. The summed E-state index contributed by atoms with van der Waals surface area (Å²) in [5.74, 6) is -1.01. The maximum Gasteiger partial charge on any atom is 0.416 e. The maximum atomic E-state index is 13.1. The van der Waals surface area contributed by atoms with Crippen LogP contribution in [-0.2, 0) is 6.18 Å². The molecule has 0 aliphatic heterocycles. The first-order valence-corrected chi connectivity index (χ1v) is 8.76. The number of aromatic nitrogens is 5. The minimum absolute atomic E-state index is 0.155. The summed E-state index contributed by atoms with van der Waals surface area (Å²) < 4.78 is 70.0. The molecule has 1 aromatic carbocycles. The standard InChI is InChI=1S/C18H15F5N6O2/c1-10(15-26-9-29(28-15)17-24-3-2-4-25-17)27-16(30)11-5-12(18(21,22)23)7-13(6-11)31-8-14(19)20/h2-7,9-10,14H,8H2,1H3,(H,27,30). The molecule has 2 heterocycles. The number of amides is 1. The number of alkyl halides is 5. The van der Waals surface area contributed by atoms with Gasteiger partial charge in [-0.1, -0.05) is 0 Å². The molecule has 8 nitrogen and oxygen atoms in total. The molecule has 0 fully saturated rings. The number of carbonyl (C=O) groups excluding carboxylic acids is 1. The average molecular weight is 442 g/mol. The van der Waals surface area contributed by atoms with Crippen LogP contribution in [0.5, 0.6) is 5.75 Å². The summed E-state index contributed by atoms with van der Waals surface area (Å²) in [6, 6.07) is 2.91. The van der Waals surface area contributed by atoms with Gasteiger partial charge in [-0.15, -0.1) is 5.10 Å². The molecule has 0 radical (unpaired) electrons. The lowest BCUT2D eigenvalue weighted by Crippen LogP contribution is -2.28. The van der Waals surface area contributed by atoms with Gasteiger partial charge in [-0.25, -0.2) is 23.7 Å². The van der Waals surface area contributed by atoms with Gasteiger partial charge >= 0.3 is 6.18 Å². The molecule has 31 heavy (non-hydrogen) atoms. The number of benzene rings is 1. The number of hydrogen-bond acceptors (Lipinski definition) is 6. The lowest BCUT2D eigenvalue weighted by atomic mass is 10.1. The molecule has 3 aromatic rings. The Balaban J connectivity index is 1.79. The van der Waals surface area contributed by atoms with Crippen LogP contribution in [0.25, 0.3) is 5.95 Å². The highest BCUT2D eigenvalue weighted by atomic mass is 19.4. The van der Waals surface area contributed by atoms with Crippen molar-refractivity contribution >= 4 is 5.91 Å². The zero-order valence-corrected chi connectivity index (χ0v) is 15.8. The summed E-state index contributed by atoms with van der Waals surface area (Å²) in [6.07, 6.45) is -3.39. The van der Waals surface area contributed by atoms with Gasteiger partial charge in [-0.2, -0.15) is 17.9 Å². The van der Waals surface area contributed by atoms with E-state index in [0.717, 1.165) is 6.07 Å². The highest BCUT2D eigenvalue weighted by Gasteiger charge is 2.32. The highest BCUT2D eigenvalue weighted by Crippen LogP contribution is 2.33. The molecule has 1 unspecified atom stereocenters. The van der Waals surface area contributed by atoms with E-state index in [0.29, 0.717) is 12.1 Å². The van der Waals surface area contributed by atoms with E-state index in [4.69, 9.17) is 0 Å². The highest BCUT2D eigenvalue weighted by molar-refractivity contribution is 5.95. The number of nitrogens with one attached hydrogen (secondary N) is 1. The molecule has 164 valence electrons. The van der Waals surface area contributed by atoms with Gasteiger partial charge < -0.3 is 10.1 Å². The van der Waals surface area contributed by atoms with E-state index in [2.05, 4.69) is 30.1 Å². The van der Waals surface area contributed by atoms with Crippen LogP contribution < -0.4 is 10.1 Å². The third kappa shape index (κ3) is 5.71. The van der Waals surface area contributed by atoms with Crippen molar-refractivity contribution in [3.8, 4) is 11.7 Å². The number of carbonyl (C=O) groups is 1. The van der Waals surface area contributed by atoms with Crippen LogP contribution in [0.2, 0.25) is 0 Å². The number of hydrogen-bond donors (Lipinski definition) is 1. The van der Waals surface area contributed by atoms with Gasteiger partial charge in [0.1, 0.15) is 18.7 Å². The topological polar surface area (TPSA) is 94.8 Å². The zero-order chi connectivity index (χ0) is 22.6. The molecule has 1 atom stereocenters. The molecule has 0 bridgehead atoms. The van der Waals surface area contributed by atoms with E-state index in [1.165, 1.54) is 30.3 Å². The van der Waals surface area contributed by atoms with Crippen LogP contribution in [0.3, 0.4) is 0 Å². The van der Waals surface area contributed by atoms with Crippen molar-refractivity contribution in [2.24, 2.45) is 0 Å². The number of rotatable bonds is 7. The summed E-state index contributed by atoms with van der Waals surface area (Å²) in [5, 5.41) is 6.59. The van der Waals surface area contributed by atoms with Crippen LogP contribution in [0.4, 0.5) is 22.0 Å². The number of ether oxygens (including phenoxy) is 1. The molecule has 13 heteroatoms. The minimum atomic E-state index is -4.80. The summed E-state index contributed by atoms with van der Waals surface area (Å²) in [7, 11) is 0. The molecular weight excluding hydrogens is 427 g/mol. The van der Waals surface area contributed by atoms with Crippen molar-refractivity contribution < 1.29 is 31.5 Å². The molecule has 0 saturated carbocycles. The van der Waals surface area contributed by atoms with Gasteiger partial charge in [0.2, 0.25) is 0 Å². The van der Waals surface area contributed by atoms with Gasteiger partial charge in [0.15, 0.2) is 5.82 Å². The van der Waals surface area contributed by atoms with Crippen molar-refractivity contribution in [2.75, 3.05) is 6.61 Å². The smallest absolute Gasteiger partial charge is 0.416 e. The predicted molar refractivity (Wildman–Crippen MR) is 95.8 cm³/mol. The van der Waals surface area contributed by atoms with Crippen LogP contribution >= 0.6 is 0 Å². The summed E-state index contributed by atoms with van der Waals surface area (Å²) >= 11 is 0. The SMILES string of the molecule is CC(NC(=O)c1cc(OCC(F)F)cc(C(F)(F)F)c1)c1ncn(-c2ncccn2)n1. The first-order valence-electron chi connectivity index (χ1n) is 8.76. The van der Waals surface area contributed by atoms with E-state index < -0.39 is 48.0 Å². The Labute approximate surface area is 172 Å². The Kier molecular flexibility index (Phi) is 6.42. The Bertz CT molecular complexity index is 1040. The fraction of sp³-hybridized carbons (Fsp3) is 0.278. The Morgan fingerprint density at radius 1 is 1.16 bits per heavy atom. The van der Waals surface area contributed by atoms with Crippen molar-refractivity contribution in [1.82, 2.24) is 30.0 Å². The van der Waals surface area contributed by atoms with Crippen molar-refractivity contribution in [3.63, 3.8) is 0 Å². The summed E-state index contributed by atoms with van der Waals surface area (Å²) in [4.78, 5) is 24.5. The molecule has 0 saturated heterocycles.